The van der Waals surface area contributed by atoms with E-state index in [1.165, 1.54) is 12.5 Å². The first-order valence-corrected chi connectivity index (χ1v) is 9.11. The fraction of sp³-hybridized carbons (Fsp3) is 0.136. The monoisotopic (exact) mass is 372 g/mol. The number of benzene rings is 2. The molecule has 0 unspecified atom stereocenters. The summed E-state index contributed by atoms with van der Waals surface area (Å²) in [5.74, 6) is 0.498. The van der Waals surface area contributed by atoms with Crippen LogP contribution in [0.5, 0.6) is 0 Å². The van der Waals surface area contributed by atoms with Crippen LogP contribution in [0, 0.1) is 0 Å². The molecular formula is C22H20N4O2. The Balaban J connectivity index is 1.44. The molecule has 0 saturated carbocycles. The standard InChI is InChI=1S/C22H20N4O2/c1-15(27)24-18-7-9-19(10-8-18)25-21-11-6-17(14-23-21)22(28)26-13-12-16-4-2-3-5-20(16)26/h2-11,14H,12-13H2,1H3,(H,23,25)(H,24,27). The SMILES string of the molecule is CC(=O)Nc1ccc(Nc2ccc(C(=O)N3CCc4ccccc43)cn2)cc1. The van der Waals surface area contributed by atoms with Gasteiger partial charge in [0.15, 0.2) is 0 Å². The number of rotatable bonds is 4. The van der Waals surface area contributed by atoms with Crippen molar-refractivity contribution in [2.24, 2.45) is 0 Å². The second kappa shape index (κ2) is 7.52. The topological polar surface area (TPSA) is 74.3 Å². The van der Waals surface area contributed by atoms with Gasteiger partial charge in [-0.3, -0.25) is 9.59 Å². The number of fused-ring (bicyclic) bond motifs is 1. The predicted molar refractivity (Wildman–Crippen MR) is 110 cm³/mol. The van der Waals surface area contributed by atoms with Crippen LogP contribution in [0.25, 0.3) is 0 Å². The van der Waals surface area contributed by atoms with Crippen LogP contribution in [0.3, 0.4) is 0 Å². The highest BCUT2D eigenvalue weighted by molar-refractivity contribution is 6.07. The number of carbonyl (C=O) groups excluding carboxylic acids is 2. The molecule has 0 saturated heterocycles. The molecule has 28 heavy (non-hydrogen) atoms. The lowest BCUT2D eigenvalue weighted by Gasteiger charge is -2.17. The predicted octanol–water partition coefficient (Wildman–Crippen LogP) is 3.99. The zero-order chi connectivity index (χ0) is 19.5. The molecule has 4 rings (SSSR count). The molecule has 0 aliphatic carbocycles. The number of hydrogen-bond acceptors (Lipinski definition) is 4. The van der Waals surface area contributed by atoms with Crippen LogP contribution in [-0.4, -0.2) is 23.3 Å². The molecule has 2 N–H and O–H groups in total. The first-order chi connectivity index (χ1) is 13.6. The Morgan fingerprint density at radius 3 is 2.43 bits per heavy atom. The summed E-state index contributed by atoms with van der Waals surface area (Å²) in [7, 11) is 0. The van der Waals surface area contributed by atoms with E-state index in [4.69, 9.17) is 0 Å². The van der Waals surface area contributed by atoms with Gasteiger partial charge in [-0.05, 0) is 54.4 Å². The quantitative estimate of drug-likeness (QED) is 0.726. The molecule has 3 aromatic rings. The van der Waals surface area contributed by atoms with Crippen molar-refractivity contribution in [2.75, 3.05) is 22.1 Å². The lowest BCUT2D eigenvalue weighted by molar-refractivity contribution is -0.114. The number of anilines is 4. The smallest absolute Gasteiger partial charge is 0.259 e. The summed E-state index contributed by atoms with van der Waals surface area (Å²) >= 11 is 0. The highest BCUT2D eigenvalue weighted by Gasteiger charge is 2.25. The maximum absolute atomic E-state index is 12.8. The molecule has 6 heteroatoms. The van der Waals surface area contributed by atoms with Crippen LogP contribution in [0.2, 0.25) is 0 Å². The van der Waals surface area contributed by atoms with Crippen LogP contribution >= 0.6 is 0 Å². The summed E-state index contributed by atoms with van der Waals surface area (Å²) in [5.41, 5.74) is 4.31. The third-order valence-electron chi connectivity index (χ3n) is 4.62. The maximum Gasteiger partial charge on any atom is 0.259 e. The molecule has 2 heterocycles. The average Bonchev–Trinajstić information content (AvgIpc) is 3.13. The van der Waals surface area contributed by atoms with Crippen LogP contribution in [0.1, 0.15) is 22.8 Å². The van der Waals surface area contributed by atoms with Crippen molar-refractivity contribution in [2.45, 2.75) is 13.3 Å². The summed E-state index contributed by atoms with van der Waals surface area (Å²) in [6.45, 7) is 2.17. The van der Waals surface area contributed by atoms with E-state index < -0.39 is 0 Å². The molecule has 0 bridgehead atoms. The van der Waals surface area contributed by atoms with Crippen molar-refractivity contribution >= 4 is 34.7 Å². The van der Waals surface area contributed by atoms with Crippen LogP contribution in [0.15, 0.2) is 66.9 Å². The Labute approximate surface area is 163 Å². The first kappa shape index (κ1) is 17.7. The van der Waals surface area contributed by atoms with Crippen molar-refractivity contribution in [3.8, 4) is 0 Å². The Bertz CT molecular complexity index is 1010. The number of carbonyl (C=O) groups is 2. The van der Waals surface area contributed by atoms with Gasteiger partial charge in [0.05, 0.1) is 5.56 Å². The molecular weight excluding hydrogens is 352 g/mol. The van der Waals surface area contributed by atoms with E-state index in [1.54, 1.807) is 23.2 Å². The number of amides is 2. The van der Waals surface area contributed by atoms with Crippen molar-refractivity contribution in [3.05, 3.63) is 78.0 Å². The molecule has 6 nitrogen and oxygen atoms in total. The van der Waals surface area contributed by atoms with Crippen LogP contribution in [-0.2, 0) is 11.2 Å². The van der Waals surface area contributed by atoms with Gasteiger partial charge in [0, 0.05) is 36.7 Å². The van der Waals surface area contributed by atoms with E-state index in [0.717, 1.165) is 23.5 Å². The number of hydrogen-bond donors (Lipinski definition) is 2. The minimum atomic E-state index is -0.108. The van der Waals surface area contributed by atoms with E-state index >= 15 is 0 Å². The first-order valence-electron chi connectivity index (χ1n) is 9.11. The summed E-state index contributed by atoms with van der Waals surface area (Å²) in [4.78, 5) is 30.1. The van der Waals surface area contributed by atoms with Gasteiger partial charge >= 0.3 is 0 Å². The van der Waals surface area contributed by atoms with E-state index in [0.29, 0.717) is 17.9 Å². The van der Waals surface area contributed by atoms with Gasteiger partial charge in [-0.2, -0.15) is 0 Å². The number of aromatic nitrogens is 1. The van der Waals surface area contributed by atoms with E-state index in [2.05, 4.69) is 21.7 Å². The summed E-state index contributed by atoms with van der Waals surface area (Å²) < 4.78 is 0. The van der Waals surface area contributed by atoms with Crippen molar-refractivity contribution in [1.29, 1.82) is 0 Å². The van der Waals surface area contributed by atoms with Gasteiger partial charge in [-0.15, -0.1) is 0 Å². The lowest BCUT2D eigenvalue weighted by atomic mass is 10.2. The van der Waals surface area contributed by atoms with Gasteiger partial charge in [-0.1, -0.05) is 18.2 Å². The molecule has 0 atom stereocenters. The van der Waals surface area contributed by atoms with Crippen molar-refractivity contribution in [1.82, 2.24) is 4.98 Å². The third kappa shape index (κ3) is 3.71. The molecule has 140 valence electrons. The van der Waals surface area contributed by atoms with Crippen LogP contribution in [0.4, 0.5) is 22.9 Å². The second-order valence-electron chi connectivity index (χ2n) is 6.65. The lowest BCUT2D eigenvalue weighted by Crippen LogP contribution is -2.28. The zero-order valence-electron chi connectivity index (χ0n) is 15.5. The summed E-state index contributed by atoms with van der Waals surface area (Å²) in [6, 6.07) is 18.9. The highest BCUT2D eigenvalue weighted by atomic mass is 16.2. The number of nitrogens with one attached hydrogen (secondary N) is 2. The minimum absolute atomic E-state index is 0.0383. The Morgan fingerprint density at radius 1 is 0.964 bits per heavy atom. The van der Waals surface area contributed by atoms with Gasteiger partial charge < -0.3 is 15.5 Å². The molecule has 1 aliphatic heterocycles. The molecule has 0 fully saturated rings. The highest BCUT2D eigenvalue weighted by Crippen LogP contribution is 2.29. The van der Waals surface area contributed by atoms with Crippen LogP contribution < -0.4 is 15.5 Å². The average molecular weight is 372 g/mol. The zero-order valence-corrected chi connectivity index (χ0v) is 15.5. The summed E-state index contributed by atoms with van der Waals surface area (Å²) in [6.07, 6.45) is 2.47. The molecule has 1 aliphatic rings. The van der Waals surface area contributed by atoms with Gasteiger partial charge in [-0.25, -0.2) is 4.98 Å². The number of nitrogens with zero attached hydrogens (tertiary/aromatic N) is 2. The Kier molecular flexibility index (Phi) is 4.76. The molecule has 0 spiro atoms. The van der Waals surface area contributed by atoms with E-state index in [9.17, 15) is 9.59 Å². The molecule has 1 aromatic heterocycles. The van der Waals surface area contributed by atoms with Crippen molar-refractivity contribution in [3.63, 3.8) is 0 Å². The largest absolute Gasteiger partial charge is 0.340 e. The fourth-order valence-electron chi connectivity index (χ4n) is 3.29. The van der Waals surface area contributed by atoms with E-state index in [-0.39, 0.29) is 11.8 Å². The normalized spacial score (nSPS) is 12.4. The fourth-order valence-corrected chi connectivity index (χ4v) is 3.29. The Hall–Kier alpha value is -3.67. The third-order valence-corrected chi connectivity index (χ3v) is 4.62. The molecule has 2 amide bonds. The molecule has 0 radical (unpaired) electrons. The van der Waals surface area contributed by atoms with E-state index in [1.807, 2.05) is 42.5 Å². The Morgan fingerprint density at radius 2 is 1.71 bits per heavy atom. The molecule has 2 aromatic carbocycles. The van der Waals surface area contributed by atoms with Gasteiger partial charge in [0.2, 0.25) is 5.91 Å². The van der Waals surface area contributed by atoms with Gasteiger partial charge in [0.1, 0.15) is 5.82 Å². The maximum atomic E-state index is 12.8. The van der Waals surface area contributed by atoms with Crippen molar-refractivity contribution < 1.29 is 9.59 Å². The second-order valence-corrected chi connectivity index (χ2v) is 6.65. The number of para-hydroxylation sites is 1. The van der Waals surface area contributed by atoms with Gasteiger partial charge in [0.25, 0.3) is 5.91 Å². The minimum Gasteiger partial charge on any atom is -0.340 e. The summed E-state index contributed by atoms with van der Waals surface area (Å²) in [5, 5.41) is 5.91. The number of pyridine rings is 1.